The van der Waals surface area contributed by atoms with E-state index in [2.05, 4.69) is 0 Å². The Labute approximate surface area is 64.9 Å². The van der Waals surface area contributed by atoms with E-state index in [4.69, 9.17) is 16.7 Å². The van der Waals surface area contributed by atoms with Crippen molar-refractivity contribution in [3.63, 3.8) is 0 Å². The molecule has 0 fully saturated rings. The van der Waals surface area contributed by atoms with Gasteiger partial charge in [-0.3, -0.25) is 0 Å². The highest BCUT2D eigenvalue weighted by Gasteiger charge is 2.16. The van der Waals surface area contributed by atoms with Crippen LogP contribution in [0, 0.1) is 5.82 Å². The number of hydrogen-bond acceptors (Lipinski definition) is 2. The van der Waals surface area contributed by atoms with E-state index in [0.717, 1.165) is 16.7 Å². The number of thiophene rings is 1. The van der Waals surface area contributed by atoms with Crippen LogP contribution in [-0.2, 0) is 0 Å². The summed E-state index contributed by atoms with van der Waals surface area (Å²) in [5, 5.41) is 9.38. The summed E-state index contributed by atoms with van der Waals surface area (Å²) in [5.41, 5.74) is -0.438. The van der Waals surface area contributed by atoms with E-state index in [-0.39, 0.29) is 4.34 Å². The molecule has 2 nitrogen and oxygen atoms in total. The summed E-state index contributed by atoms with van der Waals surface area (Å²) in [5.74, 6) is -2.11. The number of carboxylic acids is 1. The Kier molecular flexibility index (Phi) is 1.92. The van der Waals surface area contributed by atoms with Crippen molar-refractivity contribution in [3.8, 4) is 0 Å². The van der Waals surface area contributed by atoms with Crippen molar-refractivity contribution in [2.45, 2.75) is 0 Å². The molecule has 0 radical (unpaired) electrons. The molecule has 0 unspecified atom stereocenters. The van der Waals surface area contributed by atoms with E-state index in [1.165, 1.54) is 0 Å². The molecule has 1 N–H and O–H groups in total. The van der Waals surface area contributed by atoms with Crippen LogP contribution in [0.1, 0.15) is 10.4 Å². The van der Waals surface area contributed by atoms with E-state index in [0.29, 0.717) is 0 Å². The van der Waals surface area contributed by atoms with Gasteiger partial charge in [-0.2, -0.15) is 0 Å². The van der Waals surface area contributed by atoms with Crippen LogP contribution in [0.4, 0.5) is 4.39 Å². The SMILES string of the molecule is O=C(O)c1c(F)csc1Cl. The summed E-state index contributed by atoms with van der Waals surface area (Å²) in [6.07, 6.45) is 0. The van der Waals surface area contributed by atoms with Gasteiger partial charge >= 0.3 is 5.97 Å². The number of hydrogen-bond donors (Lipinski definition) is 1. The molecule has 1 heterocycles. The third-order valence-corrected chi connectivity index (χ3v) is 2.11. The lowest BCUT2D eigenvalue weighted by Gasteiger charge is -1.87. The quantitative estimate of drug-likeness (QED) is 0.720. The molecule has 5 heteroatoms. The first-order valence-electron chi connectivity index (χ1n) is 2.28. The number of halogens is 2. The van der Waals surface area contributed by atoms with E-state index in [1.54, 1.807) is 0 Å². The molecule has 0 aliphatic heterocycles. The Hall–Kier alpha value is -0.610. The van der Waals surface area contributed by atoms with Crippen LogP contribution in [0.25, 0.3) is 0 Å². The largest absolute Gasteiger partial charge is 0.478 e. The second-order valence-corrected chi connectivity index (χ2v) is 3.02. The van der Waals surface area contributed by atoms with Crippen LogP contribution in [-0.4, -0.2) is 11.1 Å². The Morgan fingerprint density at radius 2 is 2.40 bits per heavy atom. The lowest BCUT2D eigenvalue weighted by molar-refractivity contribution is 0.0693. The summed E-state index contributed by atoms with van der Waals surface area (Å²) in [6.45, 7) is 0. The summed E-state index contributed by atoms with van der Waals surface area (Å²) in [4.78, 5) is 10.2. The smallest absolute Gasteiger partial charge is 0.341 e. The lowest BCUT2D eigenvalue weighted by atomic mass is 10.3. The van der Waals surface area contributed by atoms with Crippen molar-refractivity contribution in [1.29, 1.82) is 0 Å². The van der Waals surface area contributed by atoms with Gasteiger partial charge in [0, 0.05) is 5.38 Å². The van der Waals surface area contributed by atoms with Crippen LogP contribution >= 0.6 is 22.9 Å². The van der Waals surface area contributed by atoms with Crippen LogP contribution in [0.15, 0.2) is 5.38 Å². The highest BCUT2D eigenvalue weighted by Crippen LogP contribution is 2.25. The van der Waals surface area contributed by atoms with Gasteiger partial charge in [0.1, 0.15) is 15.7 Å². The number of carbonyl (C=O) groups is 1. The molecule has 0 spiro atoms. The zero-order valence-electron chi connectivity index (χ0n) is 4.60. The zero-order valence-corrected chi connectivity index (χ0v) is 6.17. The lowest BCUT2D eigenvalue weighted by Crippen LogP contribution is -1.96. The molecule has 0 saturated heterocycles. The molecule has 54 valence electrons. The zero-order chi connectivity index (χ0) is 7.72. The fraction of sp³-hybridized carbons (Fsp3) is 0. The first-order chi connectivity index (χ1) is 4.63. The highest BCUT2D eigenvalue weighted by molar-refractivity contribution is 7.14. The summed E-state index contributed by atoms with van der Waals surface area (Å²) in [7, 11) is 0. The van der Waals surface area contributed by atoms with Crippen LogP contribution < -0.4 is 0 Å². The predicted molar refractivity (Wildman–Crippen MR) is 36.2 cm³/mol. The van der Waals surface area contributed by atoms with Crippen molar-refractivity contribution >= 4 is 28.9 Å². The fourth-order valence-corrected chi connectivity index (χ4v) is 1.43. The Morgan fingerprint density at radius 3 is 2.60 bits per heavy atom. The van der Waals surface area contributed by atoms with Gasteiger partial charge in [-0.15, -0.1) is 11.3 Å². The van der Waals surface area contributed by atoms with E-state index in [1.807, 2.05) is 0 Å². The van der Waals surface area contributed by atoms with E-state index >= 15 is 0 Å². The molecular weight excluding hydrogens is 179 g/mol. The molecule has 1 aromatic rings. The van der Waals surface area contributed by atoms with Gasteiger partial charge in [-0.25, -0.2) is 9.18 Å². The molecule has 0 aliphatic carbocycles. The number of carboxylic acid groups (broad SMARTS) is 1. The van der Waals surface area contributed by atoms with E-state index < -0.39 is 17.3 Å². The first-order valence-corrected chi connectivity index (χ1v) is 3.54. The molecule has 0 aliphatic rings. The fourth-order valence-electron chi connectivity index (χ4n) is 0.501. The monoisotopic (exact) mass is 180 g/mol. The normalized spacial score (nSPS) is 9.80. The molecule has 0 amide bonds. The van der Waals surface area contributed by atoms with Crippen molar-refractivity contribution in [1.82, 2.24) is 0 Å². The van der Waals surface area contributed by atoms with Crippen molar-refractivity contribution in [2.75, 3.05) is 0 Å². The van der Waals surface area contributed by atoms with Gasteiger partial charge in [-0.1, -0.05) is 11.6 Å². The van der Waals surface area contributed by atoms with Crippen LogP contribution in [0.3, 0.4) is 0 Å². The number of rotatable bonds is 1. The average molecular weight is 181 g/mol. The minimum atomic E-state index is -1.33. The van der Waals surface area contributed by atoms with Gasteiger partial charge in [0.2, 0.25) is 0 Å². The third-order valence-electron chi connectivity index (χ3n) is 0.915. The first kappa shape index (κ1) is 7.50. The molecule has 0 atom stereocenters. The van der Waals surface area contributed by atoms with Crippen molar-refractivity contribution in [3.05, 3.63) is 21.1 Å². The average Bonchev–Trinajstić information content (AvgIpc) is 2.11. The second kappa shape index (κ2) is 2.56. The molecular formula is C5H2ClFO2S. The number of aromatic carboxylic acids is 1. The molecule has 1 rings (SSSR count). The van der Waals surface area contributed by atoms with Crippen LogP contribution in [0.2, 0.25) is 4.34 Å². The van der Waals surface area contributed by atoms with Crippen molar-refractivity contribution in [2.24, 2.45) is 0 Å². The summed E-state index contributed by atoms with van der Waals surface area (Å²) < 4.78 is 12.4. The Morgan fingerprint density at radius 1 is 1.80 bits per heavy atom. The Balaban J connectivity index is 3.23. The summed E-state index contributed by atoms with van der Waals surface area (Å²) in [6, 6.07) is 0. The maximum Gasteiger partial charge on any atom is 0.341 e. The molecule has 0 aromatic carbocycles. The minimum absolute atomic E-state index is 0.0231. The van der Waals surface area contributed by atoms with Crippen molar-refractivity contribution < 1.29 is 14.3 Å². The second-order valence-electron chi connectivity index (χ2n) is 1.54. The molecule has 1 aromatic heterocycles. The van der Waals surface area contributed by atoms with E-state index in [9.17, 15) is 9.18 Å². The van der Waals surface area contributed by atoms with Gasteiger partial charge in [0.25, 0.3) is 0 Å². The standard InChI is InChI=1S/C5H2ClFO2S/c6-4-3(5(8)9)2(7)1-10-4/h1H,(H,8,9). The maximum absolute atomic E-state index is 12.4. The van der Waals surface area contributed by atoms with Gasteiger partial charge in [-0.05, 0) is 0 Å². The molecule has 10 heavy (non-hydrogen) atoms. The summed E-state index contributed by atoms with van der Waals surface area (Å²) >= 11 is 6.21. The predicted octanol–water partition coefficient (Wildman–Crippen LogP) is 2.24. The third kappa shape index (κ3) is 1.12. The topological polar surface area (TPSA) is 37.3 Å². The van der Waals surface area contributed by atoms with Gasteiger partial charge in [0.05, 0.1) is 0 Å². The Bertz CT molecular complexity index is 251. The minimum Gasteiger partial charge on any atom is -0.478 e. The van der Waals surface area contributed by atoms with Crippen LogP contribution in [0.5, 0.6) is 0 Å². The molecule has 0 saturated carbocycles. The highest BCUT2D eigenvalue weighted by atomic mass is 35.5. The maximum atomic E-state index is 12.4. The van der Waals surface area contributed by atoms with Gasteiger partial charge in [0.15, 0.2) is 0 Å². The van der Waals surface area contributed by atoms with Gasteiger partial charge < -0.3 is 5.11 Å². The molecule has 0 bridgehead atoms.